The van der Waals surface area contributed by atoms with E-state index in [1.54, 1.807) is 0 Å². The van der Waals surface area contributed by atoms with E-state index >= 15 is 0 Å². The van der Waals surface area contributed by atoms with Crippen molar-refractivity contribution in [3.63, 3.8) is 0 Å². The fraction of sp³-hybridized carbons (Fsp3) is 0.692. The van der Waals surface area contributed by atoms with Crippen molar-refractivity contribution in [2.24, 2.45) is 0 Å². The Kier molecular flexibility index (Phi) is 3.82. The Labute approximate surface area is 102 Å². The maximum absolute atomic E-state index is 12.0. The average Bonchev–Trinajstić information content (AvgIpc) is 2.72. The predicted molar refractivity (Wildman–Crippen MR) is 67.0 cm³/mol. The van der Waals surface area contributed by atoms with Crippen LogP contribution in [0.1, 0.15) is 55.2 Å². The van der Waals surface area contributed by atoms with Crippen molar-refractivity contribution in [1.82, 2.24) is 15.1 Å². The molecule has 1 fully saturated rings. The minimum absolute atomic E-state index is 0.0211. The first-order chi connectivity index (χ1) is 8.20. The maximum Gasteiger partial charge on any atom is 0.272 e. The summed E-state index contributed by atoms with van der Waals surface area (Å²) in [6.45, 7) is 4.82. The van der Waals surface area contributed by atoms with E-state index in [0.29, 0.717) is 11.7 Å². The maximum atomic E-state index is 12.0. The van der Waals surface area contributed by atoms with Crippen LogP contribution < -0.4 is 5.32 Å². The zero-order valence-corrected chi connectivity index (χ0v) is 10.7. The fourth-order valence-corrected chi connectivity index (χ4v) is 2.45. The van der Waals surface area contributed by atoms with Crippen LogP contribution in [0.25, 0.3) is 0 Å². The van der Waals surface area contributed by atoms with Gasteiger partial charge in [0.2, 0.25) is 0 Å². The van der Waals surface area contributed by atoms with Crippen molar-refractivity contribution in [2.75, 3.05) is 0 Å². The Balaban J connectivity index is 1.98. The number of rotatable bonds is 3. The van der Waals surface area contributed by atoms with Gasteiger partial charge in [-0.05, 0) is 32.8 Å². The lowest BCUT2D eigenvalue weighted by Crippen LogP contribution is -2.36. The van der Waals surface area contributed by atoms with Crippen molar-refractivity contribution in [3.05, 3.63) is 17.5 Å². The van der Waals surface area contributed by atoms with Gasteiger partial charge >= 0.3 is 0 Å². The SMILES string of the molecule is CCn1nc(C(=O)NC2CCCCC2)cc1C. The number of carbonyl (C=O) groups excluding carboxylic acids is 1. The molecule has 0 radical (unpaired) electrons. The van der Waals surface area contributed by atoms with Gasteiger partial charge in [-0.15, -0.1) is 0 Å². The predicted octanol–water partition coefficient (Wildman–Crippen LogP) is 2.27. The third-order valence-electron chi connectivity index (χ3n) is 3.45. The summed E-state index contributed by atoms with van der Waals surface area (Å²) in [6, 6.07) is 2.21. The normalized spacial score (nSPS) is 17.1. The molecule has 1 aromatic heterocycles. The minimum Gasteiger partial charge on any atom is -0.348 e. The summed E-state index contributed by atoms with van der Waals surface area (Å²) in [7, 11) is 0. The number of aromatic nitrogens is 2. The van der Waals surface area contributed by atoms with Crippen LogP contribution in [0.2, 0.25) is 0 Å². The van der Waals surface area contributed by atoms with Crippen LogP contribution >= 0.6 is 0 Å². The van der Waals surface area contributed by atoms with Crippen LogP contribution in [-0.4, -0.2) is 21.7 Å². The van der Waals surface area contributed by atoms with Crippen LogP contribution in [0.5, 0.6) is 0 Å². The molecule has 0 aliphatic heterocycles. The highest BCUT2D eigenvalue weighted by Gasteiger charge is 2.18. The Morgan fingerprint density at radius 1 is 1.47 bits per heavy atom. The molecule has 4 heteroatoms. The zero-order chi connectivity index (χ0) is 12.3. The van der Waals surface area contributed by atoms with Gasteiger partial charge < -0.3 is 5.32 Å². The molecule has 1 heterocycles. The minimum atomic E-state index is -0.0211. The summed E-state index contributed by atoms with van der Waals surface area (Å²) in [5.74, 6) is -0.0211. The molecule has 0 atom stereocenters. The molecular weight excluding hydrogens is 214 g/mol. The molecule has 1 aliphatic carbocycles. The Morgan fingerprint density at radius 3 is 2.76 bits per heavy atom. The Bertz CT molecular complexity index is 391. The molecule has 1 amide bonds. The van der Waals surface area contributed by atoms with Crippen molar-refractivity contribution < 1.29 is 4.79 Å². The number of hydrogen-bond donors (Lipinski definition) is 1. The van der Waals surface area contributed by atoms with E-state index in [9.17, 15) is 4.79 Å². The van der Waals surface area contributed by atoms with Gasteiger partial charge in [0.25, 0.3) is 5.91 Å². The lowest BCUT2D eigenvalue weighted by Gasteiger charge is -2.22. The number of hydrogen-bond acceptors (Lipinski definition) is 2. The second-order valence-electron chi connectivity index (χ2n) is 4.80. The van der Waals surface area contributed by atoms with Crippen molar-refractivity contribution in [3.8, 4) is 0 Å². The van der Waals surface area contributed by atoms with E-state index in [4.69, 9.17) is 0 Å². The van der Waals surface area contributed by atoms with Gasteiger partial charge in [0.05, 0.1) is 0 Å². The van der Waals surface area contributed by atoms with Gasteiger partial charge in [-0.25, -0.2) is 0 Å². The zero-order valence-electron chi connectivity index (χ0n) is 10.7. The molecule has 1 aliphatic rings. The largest absolute Gasteiger partial charge is 0.348 e. The summed E-state index contributed by atoms with van der Waals surface area (Å²) >= 11 is 0. The topological polar surface area (TPSA) is 46.9 Å². The third-order valence-corrected chi connectivity index (χ3v) is 3.45. The van der Waals surface area contributed by atoms with Crippen LogP contribution in [0.4, 0.5) is 0 Å². The second-order valence-corrected chi connectivity index (χ2v) is 4.80. The fourth-order valence-electron chi connectivity index (χ4n) is 2.45. The molecule has 2 rings (SSSR count). The highest BCUT2D eigenvalue weighted by Crippen LogP contribution is 2.17. The number of nitrogens with zero attached hydrogens (tertiary/aromatic N) is 2. The Morgan fingerprint density at radius 2 is 2.18 bits per heavy atom. The van der Waals surface area contributed by atoms with Crippen LogP contribution in [0, 0.1) is 6.92 Å². The molecule has 0 spiro atoms. The number of carbonyl (C=O) groups is 1. The molecule has 4 nitrogen and oxygen atoms in total. The summed E-state index contributed by atoms with van der Waals surface area (Å²) in [5, 5.41) is 7.38. The Hall–Kier alpha value is -1.32. The molecule has 1 N–H and O–H groups in total. The first-order valence-electron chi connectivity index (χ1n) is 6.56. The lowest BCUT2D eigenvalue weighted by molar-refractivity contribution is 0.0922. The highest BCUT2D eigenvalue weighted by molar-refractivity contribution is 5.92. The van der Waals surface area contributed by atoms with Gasteiger partial charge in [-0.3, -0.25) is 9.48 Å². The van der Waals surface area contributed by atoms with Crippen LogP contribution in [-0.2, 0) is 6.54 Å². The summed E-state index contributed by atoms with van der Waals surface area (Å²) in [5.41, 5.74) is 1.59. The molecule has 0 saturated heterocycles. The number of aryl methyl sites for hydroxylation is 2. The monoisotopic (exact) mass is 235 g/mol. The van der Waals surface area contributed by atoms with Crippen molar-refractivity contribution in [1.29, 1.82) is 0 Å². The average molecular weight is 235 g/mol. The van der Waals surface area contributed by atoms with Gasteiger partial charge in [0, 0.05) is 18.3 Å². The summed E-state index contributed by atoms with van der Waals surface area (Å²) in [6.07, 6.45) is 5.98. The molecule has 94 valence electrons. The molecule has 1 aromatic rings. The van der Waals surface area contributed by atoms with Gasteiger partial charge in [-0.1, -0.05) is 19.3 Å². The lowest BCUT2D eigenvalue weighted by atomic mass is 9.95. The first-order valence-corrected chi connectivity index (χ1v) is 6.56. The second kappa shape index (κ2) is 5.34. The molecule has 0 aromatic carbocycles. The molecule has 0 unspecified atom stereocenters. The smallest absolute Gasteiger partial charge is 0.272 e. The number of nitrogens with one attached hydrogen (secondary N) is 1. The van der Waals surface area contributed by atoms with Crippen LogP contribution in [0.15, 0.2) is 6.07 Å². The summed E-state index contributed by atoms with van der Waals surface area (Å²) in [4.78, 5) is 12.0. The van der Waals surface area contributed by atoms with E-state index in [1.807, 2.05) is 24.6 Å². The van der Waals surface area contributed by atoms with E-state index in [1.165, 1.54) is 19.3 Å². The molecular formula is C13H21N3O. The first kappa shape index (κ1) is 12.1. The highest BCUT2D eigenvalue weighted by atomic mass is 16.2. The number of amides is 1. The van der Waals surface area contributed by atoms with Crippen molar-refractivity contribution in [2.45, 2.75) is 58.5 Å². The van der Waals surface area contributed by atoms with E-state index in [2.05, 4.69) is 10.4 Å². The van der Waals surface area contributed by atoms with Gasteiger partial charge in [-0.2, -0.15) is 5.10 Å². The molecule has 17 heavy (non-hydrogen) atoms. The quantitative estimate of drug-likeness (QED) is 0.873. The van der Waals surface area contributed by atoms with Crippen LogP contribution in [0.3, 0.4) is 0 Å². The van der Waals surface area contributed by atoms with Gasteiger partial charge in [0.1, 0.15) is 5.69 Å². The van der Waals surface area contributed by atoms with E-state index in [0.717, 1.165) is 25.1 Å². The standard InChI is InChI=1S/C13H21N3O/c1-3-16-10(2)9-12(15-16)13(17)14-11-7-5-4-6-8-11/h9,11H,3-8H2,1-2H3,(H,14,17). The molecule has 1 saturated carbocycles. The van der Waals surface area contributed by atoms with Crippen molar-refractivity contribution >= 4 is 5.91 Å². The van der Waals surface area contributed by atoms with E-state index < -0.39 is 0 Å². The summed E-state index contributed by atoms with van der Waals surface area (Å²) < 4.78 is 1.86. The van der Waals surface area contributed by atoms with Gasteiger partial charge in [0.15, 0.2) is 0 Å². The molecule has 0 bridgehead atoms. The third kappa shape index (κ3) is 2.87. The van der Waals surface area contributed by atoms with E-state index in [-0.39, 0.29) is 5.91 Å².